The van der Waals surface area contributed by atoms with Gasteiger partial charge in [-0.3, -0.25) is 9.59 Å². The number of rotatable bonds is 35. The molecule has 0 aliphatic carbocycles. The highest BCUT2D eigenvalue weighted by Gasteiger charge is 2.33. The lowest BCUT2D eigenvalue weighted by Gasteiger charge is -2.33. The molecule has 3 N–H and O–H groups in total. The van der Waals surface area contributed by atoms with Crippen LogP contribution in [0.15, 0.2) is 124 Å². The van der Waals surface area contributed by atoms with Crippen LogP contribution in [0.4, 0.5) is 0 Å². The van der Waals surface area contributed by atoms with Crippen molar-refractivity contribution in [2.75, 3.05) is 160 Å². The van der Waals surface area contributed by atoms with E-state index < -0.39 is 30.1 Å². The molecule has 0 radical (unpaired) electrons. The first-order chi connectivity index (χ1) is 52.9. The third-order valence-electron chi connectivity index (χ3n) is 17.5. The zero-order valence-corrected chi connectivity index (χ0v) is 76.3. The summed E-state index contributed by atoms with van der Waals surface area (Å²) in [5.41, 5.74) is 13.7. The second-order valence-corrected chi connectivity index (χ2v) is 37.4. The van der Waals surface area contributed by atoms with Gasteiger partial charge in [-0.15, -0.1) is 24.0 Å². The minimum Gasteiger partial charge on any atom is -0.462 e. The van der Waals surface area contributed by atoms with Gasteiger partial charge in [-0.1, -0.05) is 120 Å². The fourth-order valence-corrected chi connectivity index (χ4v) is 17.2. The molecule has 6 aromatic carbocycles. The van der Waals surface area contributed by atoms with Crippen LogP contribution in [0, 0.1) is 0 Å². The van der Waals surface area contributed by atoms with Crippen LogP contribution in [0.1, 0.15) is 136 Å². The summed E-state index contributed by atoms with van der Waals surface area (Å²) in [7, 11) is -1.77. The molecule has 0 saturated carbocycles. The Labute approximate surface area is 718 Å². The van der Waals surface area contributed by atoms with Gasteiger partial charge in [0.25, 0.3) is 12.9 Å². The van der Waals surface area contributed by atoms with E-state index in [-0.39, 0.29) is 100 Å². The van der Waals surface area contributed by atoms with Gasteiger partial charge >= 0.3 is 0 Å². The van der Waals surface area contributed by atoms with Crippen LogP contribution in [-0.2, 0) is 97.2 Å². The van der Waals surface area contributed by atoms with E-state index in [0.29, 0.717) is 116 Å². The number of likely N-dealkylation sites (N-methyl/N-ethyl adjacent to an activating group) is 5. The Morgan fingerprint density at radius 2 is 0.752 bits per heavy atom. The molecule has 0 unspecified atom stereocenters. The summed E-state index contributed by atoms with van der Waals surface area (Å²) in [6.45, 7) is 27.0. The zero-order valence-electron chi connectivity index (χ0n) is 67.0. The summed E-state index contributed by atoms with van der Waals surface area (Å²) in [5, 5.41) is 3.63. The molecule has 632 valence electrons. The molecule has 113 heavy (non-hydrogen) atoms. The number of nitrogens with two attached hydrogens (primary N) is 1. The van der Waals surface area contributed by atoms with Crippen LogP contribution >= 0.6 is 93.6 Å². The van der Waals surface area contributed by atoms with E-state index >= 15 is 0 Å². The number of carbonyl (C=O) groups is 2. The van der Waals surface area contributed by atoms with Crippen molar-refractivity contribution in [1.82, 2.24) is 28.0 Å². The van der Waals surface area contributed by atoms with Gasteiger partial charge in [0.05, 0.1) is 80.8 Å². The van der Waals surface area contributed by atoms with E-state index in [1.165, 1.54) is 8.61 Å². The number of ether oxygens (including phenoxy) is 8. The maximum atomic E-state index is 13.2. The quantitative estimate of drug-likeness (QED) is 0.0213. The summed E-state index contributed by atoms with van der Waals surface area (Å²) < 4.78 is 125. The first-order valence-electron chi connectivity index (χ1n) is 37.0. The Morgan fingerprint density at radius 3 is 1.05 bits per heavy atom. The number of halogens is 7. The van der Waals surface area contributed by atoms with E-state index in [0.717, 1.165) is 102 Å². The fraction of sp³-hybridized carbons (Fsp3) is 0.525. The van der Waals surface area contributed by atoms with Crippen LogP contribution in [0.25, 0.3) is 0 Å². The number of hydrogen-bond donors (Lipinski definition) is 2. The molecule has 3 aliphatic heterocycles. The largest absolute Gasteiger partial charge is 0.462 e. The third kappa shape index (κ3) is 34.0. The van der Waals surface area contributed by atoms with E-state index in [1.807, 2.05) is 113 Å². The summed E-state index contributed by atoms with van der Waals surface area (Å²) in [6.07, 6.45) is 1.92. The Hall–Kier alpha value is -3.94. The number of nitrogens with one attached hydrogen (secondary N) is 1. The maximum Gasteiger partial charge on any atom is 0.293 e. The Morgan fingerprint density at radius 1 is 0.451 bits per heavy atom. The van der Waals surface area contributed by atoms with Crippen molar-refractivity contribution in [3.63, 3.8) is 0 Å². The standard InChI is InChI=1S/C24H32Cl2N2O4S.C23H31Cl2N3O4S.C23H30Cl2N2O4S.2C5H10O2.HI/c1-4-9-31-11-12-32-10-8-28(3)33(29,30)20-7-5-6-18(13-20)22-16-27(2)17-23-21(22)14-19(25)15-24(23)26;1-27-15-21(20-13-18(24)14-23(25)22(20)16-27)17-4-3-5-19(12-17)33(29,30)28(2)7-9-32-11-10-31-8-6-26;1-3-8-30-10-11-31-9-7-26-32(28,29)19-6-4-5-17(12-19)21-15-27(2)16-22-20(21)13-18(24)14-23(22)25;2*1-5(2,3)7-4-6;/h5-7,13-15,22H,4,8-12,16-17H2,1-3H3;3-5,12-14,21H,6-11,15-16,26H2,1-2H3;4-6,12-14,21,26H,3,7-11,15-16H2,1-2H3;2*4H,1-3H3;1H/t22-;2*21-;;;/m000.../s1. The van der Waals surface area contributed by atoms with Crippen LogP contribution < -0.4 is 10.5 Å². The topological polar surface area (TPSA) is 265 Å². The highest BCUT2D eigenvalue weighted by atomic mass is 127. The number of sulfonamides is 3. The first-order valence-corrected chi connectivity index (χ1v) is 43.6. The molecule has 33 heteroatoms. The van der Waals surface area contributed by atoms with Crippen LogP contribution in [0.2, 0.25) is 30.1 Å². The number of carbonyl (C=O) groups excluding carboxylic acids is 2. The Balaban J connectivity index is 0.000000327. The molecular formula is C80H114Cl6IN7O16S3. The number of fused-ring (bicyclic) bond motifs is 3. The van der Waals surface area contributed by atoms with Gasteiger partial charge in [-0.2, -0.15) is 8.61 Å². The first kappa shape index (κ1) is 101. The van der Waals surface area contributed by atoms with Crippen molar-refractivity contribution in [2.45, 2.75) is 132 Å². The summed E-state index contributed by atoms with van der Waals surface area (Å²) in [5.74, 6) is -0.0873. The summed E-state index contributed by atoms with van der Waals surface area (Å²) in [6, 6.07) is 32.3. The van der Waals surface area contributed by atoms with Crippen molar-refractivity contribution in [3.05, 3.63) is 189 Å². The van der Waals surface area contributed by atoms with Gasteiger partial charge in [0, 0.05) is 141 Å². The van der Waals surface area contributed by atoms with Gasteiger partial charge in [-0.05, 0) is 198 Å². The van der Waals surface area contributed by atoms with E-state index in [1.54, 1.807) is 86.9 Å². The highest BCUT2D eigenvalue weighted by molar-refractivity contribution is 14.0. The Kier molecular flexibility index (Phi) is 45.1. The average molecular weight is 1870 g/mol. The molecule has 0 aromatic heterocycles. The number of benzene rings is 6. The molecule has 3 atom stereocenters. The molecule has 0 amide bonds. The predicted molar refractivity (Wildman–Crippen MR) is 462 cm³/mol. The lowest BCUT2D eigenvalue weighted by molar-refractivity contribution is -0.139. The van der Waals surface area contributed by atoms with E-state index in [2.05, 4.69) is 28.9 Å². The third-order valence-corrected chi connectivity index (χ3v) is 24.3. The van der Waals surface area contributed by atoms with Crippen molar-refractivity contribution < 1.29 is 72.7 Å². The second kappa shape index (κ2) is 50.2. The molecular weight excluding hydrogens is 1750 g/mol. The van der Waals surface area contributed by atoms with E-state index in [9.17, 15) is 34.8 Å². The van der Waals surface area contributed by atoms with Gasteiger partial charge in [0.1, 0.15) is 11.2 Å². The van der Waals surface area contributed by atoms with Gasteiger partial charge in [-0.25, -0.2) is 30.0 Å². The molecule has 0 bridgehead atoms. The van der Waals surface area contributed by atoms with Crippen LogP contribution in [0.3, 0.4) is 0 Å². The molecule has 0 spiro atoms. The van der Waals surface area contributed by atoms with Gasteiger partial charge in [0.2, 0.25) is 30.1 Å². The summed E-state index contributed by atoms with van der Waals surface area (Å²) >= 11 is 38.2. The van der Waals surface area contributed by atoms with Gasteiger partial charge < -0.3 is 58.3 Å². The predicted octanol–water partition coefficient (Wildman–Crippen LogP) is 14.6. The second-order valence-electron chi connectivity index (χ2n) is 29.0. The highest BCUT2D eigenvalue weighted by Crippen LogP contribution is 2.42. The molecule has 0 fully saturated rings. The van der Waals surface area contributed by atoms with Crippen LogP contribution in [-0.4, -0.2) is 233 Å². The molecule has 3 heterocycles. The maximum absolute atomic E-state index is 13.2. The molecule has 0 saturated heterocycles. The normalized spacial score (nSPS) is 15.9. The molecule has 9 rings (SSSR count). The van der Waals surface area contributed by atoms with E-state index in [4.69, 9.17) is 104 Å². The zero-order chi connectivity index (χ0) is 83.0. The minimum absolute atomic E-state index is 0. The minimum atomic E-state index is -3.67. The monoisotopic (exact) mass is 1860 g/mol. The van der Waals surface area contributed by atoms with Gasteiger partial charge in [0.15, 0.2) is 0 Å². The lowest BCUT2D eigenvalue weighted by Crippen LogP contribution is -2.32. The van der Waals surface area contributed by atoms with Crippen molar-refractivity contribution in [2.24, 2.45) is 5.73 Å². The van der Waals surface area contributed by atoms with Crippen molar-refractivity contribution in [1.29, 1.82) is 0 Å². The van der Waals surface area contributed by atoms with Crippen molar-refractivity contribution >= 4 is 137 Å². The smallest absolute Gasteiger partial charge is 0.293 e. The van der Waals surface area contributed by atoms with Crippen LogP contribution in [0.5, 0.6) is 0 Å². The number of hydrogen-bond acceptors (Lipinski definition) is 20. The SMILES string of the molecule is CC(C)(C)OC=O.CC(C)(C)OC=O.CCCOCCOCCN(C)S(=O)(=O)c1cccc([C@@H]2CN(C)Cc3c(Cl)cc(Cl)cc32)c1.CCCOCCOCCNS(=O)(=O)c1cccc([C@@H]2CN(C)Cc3c(Cl)cc(Cl)cc32)c1.CN1Cc2c(Cl)cc(Cl)cc2[C@H](c2cccc(S(=O)(=O)N(C)CCOCCOCCN)c2)C1.I. The van der Waals surface area contributed by atoms with Crippen molar-refractivity contribution in [3.8, 4) is 0 Å². The number of nitrogens with zero attached hydrogens (tertiary/aromatic N) is 5. The molecule has 23 nitrogen and oxygen atoms in total. The average Bonchev–Trinajstić information content (AvgIpc) is 0.780. The Bertz CT molecular complexity index is 4100. The fourth-order valence-electron chi connectivity index (χ4n) is 12.0. The molecule has 6 aromatic rings. The molecule has 3 aliphatic rings. The summed E-state index contributed by atoms with van der Waals surface area (Å²) in [4.78, 5) is 26.5. The lowest BCUT2D eigenvalue weighted by atomic mass is 9.85.